The van der Waals surface area contributed by atoms with Gasteiger partial charge in [0, 0.05) is 31.7 Å². The van der Waals surface area contributed by atoms with Gasteiger partial charge >= 0.3 is 0 Å². The summed E-state index contributed by atoms with van der Waals surface area (Å²) in [5.74, 6) is 7.98. The van der Waals surface area contributed by atoms with Crippen LogP contribution in [0.2, 0.25) is 0 Å². The monoisotopic (exact) mass is 278 g/mol. The van der Waals surface area contributed by atoms with Gasteiger partial charge in [0.05, 0.1) is 0 Å². The Morgan fingerprint density at radius 3 is 2.50 bits per heavy atom. The molecule has 20 heavy (non-hydrogen) atoms. The molecular weight excluding hydrogens is 252 g/mol. The van der Waals surface area contributed by atoms with Crippen molar-refractivity contribution in [2.45, 2.75) is 39.7 Å². The SMILES string of the molecule is CCN1CCC(N(C)c2nc(C)nc(NN)c2C)CC1. The number of hydrogen-bond acceptors (Lipinski definition) is 6. The third-order valence-corrected chi connectivity index (χ3v) is 4.25. The lowest BCUT2D eigenvalue weighted by atomic mass is 10.0. The molecular formula is C14H26N6. The highest BCUT2D eigenvalue weighted by molar-refractivity contribution is 5.58. The van der Waals surface area contributed by atoms with Crippen molar-refractivity contribution in [3.05, 3.63) is 11.4 Å². The van der Waals surface area contributed by atoms with Crippen LogP contribution in [0.15, 0.2) is 0 Å². The minimum atomic E-state index is 0.538. The summed E-state index contributed by atoms with van der Waals surface area (Å²) < 4.78 is 0. The number of nitrogens with two attached hydrogens (primary N) is 1. The van der Waals surface area contributed by atoms with Crippen LogP contribution in [0.1, 0.15) is 31.2 Å². The van der Waals surface area contributed by atoms with Gasteiger partial charge in [-0.25, -0.2) is 15.8 Å². The molecule has 1 aromatic heterocycles. The van der Waals surface area contributed by atoms with Crippen LogP contribution in [0, 0.1) is 13.8 Å². The van der Waals surface area contributed by atoms with E-state index in [2.05, 4.69) is 39.2 Å². The first-order valence-corrected chi connectivity index (χ1v) is 7.33. The summed E-state index contributed by atoms with van der Waals surface area (Å²) in [6, 6.07) is 0.538. The number of rotatable bonds is 4. The van der Waals surface area contributed by atoms with Crippen molar-refractivity contribution < 1.29 is 0 Å². The first kappa shape index (κ1) is 15.0. The number of nitrogens with one attached hydrogen (secondary N) is 1. The summed E-state index contributed by atoms with van der Waals surface area (Å²) in [5, 5.41) is 0. The zero-order valence-electron chi connectivity index (χ0n) is 13.0. The van der Waals surface area contributed by atoms with E-state index in [-0.39, 0.29) is 0 Å². The summed E-state index contributed by atoms with van der Waals surface area (Å²) in [6.07, 6.45) is 2.36. The molecule has 0 spiro atoms. The number of likely N-dealkylation sites (tertiary alicyclic amines) is 1. The maximum Gasteiger partial charge on any atom is 0.148 e. The summed E-state index contributed by atoms with van der Waals surface area (Å²) in [4.78, 5) is 13.7. The highest BCUT2D eigenvalue weighted by Gasteiger charge is 2.24. The molecule has 1 saturated heterocycles. The van der Waals surface area contributed by atoms with Crippen molar-refractivity contribution in [3.8, 4) is 0 Å². The van der Waals surface area contributed by atoms with E-state index in [1.807, 2.05) is 13.8 Å². The molecule has 0 saturated carbocycles. The molecule has 0 aromatic carbocycles. The number of anilines is 2. The second kappa shape index (κ2) is 6.37. The topological polar surface area (TPSA) is 70.3 Å². The fourth-order valence-corrected chi connectivity index (χ4v) is 2.89. The Labute approximate surface area is 121 Å². The molecule has 0 unspecified atom stereocenters. The van der Waals surface area contributed by atoms with E-state index in [0.29, 0.717) is 11.9 Å². The highest BCUT2D eigenvalue weighted by Crippen LogP contribution is 2.26. The van der Waals surface area contributed by atoms with Crippen LogP contribution in [-0.4, -0.2) is 47.6 Å². The lowest BCUT2D eigenvalue weighted by Gasteiger charge is -2.37. The summed E-state index contributed by atoms with van der Waals surface area (Å²) >= 11 is 0. The second-order valence-electron chi connectivity index (χ2n) is 5.49. The van der Waals surface area contributed by atoms with Gasteiger partial charge in [0.25, 0.3) is 0 Å². The van der Waals surface area contributed by atoms with Gasteiger partial charge in [0.1, 0.15) is 17.5 Å². The average Bonchev–Trinajstić information content (AvgIpc) is 2.48. The molecule has 0 atom stereocenters. The van der Waals surface area contributed by atoms with Crippen LogP contribution in [0.25, 0.3) is 0 Å². The smallest absolute Gasteiger partial charge is 0.148 e. The zero-order valence-corrected chi connectivity index (χ0v) is 13.0. The number of nitrogens with zero attached hydrogens (tertiary/aromatic N) is 4. The average molecular weight is 278 g/mol. The number of piperidine rings is 1. The highest BCUT2D eigenvalue weighted by atomic mass is 15.3. The Morgan fingerprint density at radius 1 is 1.30 bits per heavy atom. The quantitative estimate of drug-likeness (QED) is 0.639. The van der Waals surface area contributed by atoms with E-state index in [9.17, 15) is 0 Å². The Morgan fingerprint density at radius 2 is 1.95 bits per heavy atom. The first-order valence-electron chi connectivity index (χ1n) is 7.33. The van der Waals surface area contributed by atoms with Crippen LogP contribution in [0.3, 0.4) is 0 Å². The molecule has 0 aliphatic carbocycles. The lowest BCUT2D eigenvalue weighted by molar-refractivity contribution is 0.220. The Kier molecular flexibility index (Phi) is 4.77. The number of hydrogen-bond donors (Lipinski definition) is 2. The molecule has 6 heteroatoms. The van der Waals surface area contributed by atoms with Gasteiger partial charge in [0.2, 0.25) is 0 Å². The van der Waals surface area contributed by atoms with Crippen LogP contribution in [0.4, 0.5) is 11.6 Å². The predicted octanol–water partition coefficient (Wildman–Crippen LogP) is 1.30. The first-order chi connectivity index (χ1) is 9.56. The molecule has 1 aliphatic heterocycles. The Bertz CT molecular complexity index is 453. The summed E-state index contributed by atoms with van der Waals surface area (Å²) in [5.41, 5.74) is 3.68. The van der Waals surface area contributed by atoms with E-state index in [1.165, 1.54) is 12.8 Å². The number of hydrazine groups is 1. The van der Waals surface area contributed by atoms with Gasteiger partial charge in [-0.2, -0.15) is 0 Å². The molecule has 0 radical (unpaired) electrons. The standard InChI is InChI=1S/C14H26N6/c1-5-20-8-6-12(7-9-20)19(4)14-10(2)13(18-15)16-11(3)17-14/h12H,5-9,15H2,1-4H3,(H,16,17,18). The largest absolute Gasteiger partial charge is 0.356 e. The van der Waals surface area contributed by atoms with Crippen LogP contribution in [-0.2, 0) is 0 Å². The minimum absolute atomic E-state index is 0.538. The molecule has 1 fully saturated rings. The van der Waals surface area contributed by atoms with Crippen molar-refractivity contribution in [1.82, 2.24) is 14.9 Å². The maximum absolute atomic E-state index is 5.54. The summed E-state index contributed by atoms with van der Waals surface area (Å²) in [6.45, 7) is 9.61. The number of aromatic nitrogens is 2. The van der Waals surface area contributed by atoms with Crippen molar-refractivity contribution in [2.24, 2.45) is 5.84 Å². The van der Waals surface area contributed by atoms with E-state index >= 15 is 0 Å². The molecule has 112 valence electrons. The van der Waals surface area contributed by atoms with Gasteiger partial charge in [-0.05, 0) is 33.2 Å². The molecule has 1 aliphatic rings. The van der Waals surface area contributed by atoms with E-state index < -0.39 is 0 Å². The van der Waals surface area contributed by atoms with Crippen molar-refractivity contribution >= 4 is 11.6 Å². The van der Waals surface area contributed by atoms with E-state index in [4.69, 9.17) is 5.84 Å². The molecule has 2 rings (SSSR count). The molecule has 0 bridgehead atoms. The zero-order chi connectivity index (χ0) is 14.7. The fourth-order valence-electron chi connectivity index (χ4n) is 2.89. The van der Waals surface area contributed by atoms with Gasteiger partial charge < -0.3 is 15.2 Å². The normalized spacial score (nSPS) is 17.2. The van der Waals surface area contributed by atoms with Crippen LogP contribution < -0.4 is 16.2 Å². The van der Waals surface area contributed by atoms with Gasteiger partial charge in [0.15, 0.2) is 0 Å². The van der Waals surface area contributed by atoms with Gasteiger partial charge in [-0.3, -0.25) is 0 Å². The Hall–Kier alpha value is -1.40. The maximum atomic E-state index is 5.54. The lowest BCUT2D eigenvalue weighted by Crippen LogP contribution is -2.44. The van der Waals surface area contributed by atoms with Crippen LogP contribution >= 0.6 is 0 Å². The minimum Gasteiger partial charge on any atom is -0.356 e. The van der Waals surface area contributed by atoms with Crippen molar-refractivity contribution in [2.75, 3.05) is 37.0 Å². The van der Waals surface area contributed by atoms with Crippen LogP contribution in [0.5, 0.6) is 0 Å². The third kappa shape index (κ3) is 3.02. The number of aryl methyl sites for hydroxylation is 1. The fraction of sp³-hybridized carbons (Fsp3) is 0.714. The van der Waals surface area contributed by atoms with Crippen molar-refractivity contribution in [3.63, 3.8) is 0 Å². The third-order valence-electron chi connectivity index (χ3n) is 4.25. The second-order valence-corrected chi connectivity index (χ2v) is 5.49. The number of nitrogen functional groups attached to an aromatic ring is 1. The summed E-state index contributed by atoms with van der Waals surface area (Å²) in [7, 11) is 2.13. The molecule has 3 N–H and O–H groups in total. The Balaban J connectivity index is 2.17. The molecule has 1 aromatic rings. The molecule has 0 amide bonds. The predicted molar refractivity (Wildman–Crippen MR) is 82.9 cm³/mol. The van der Waals surface area contributed by atoms with Gasteiger partial charge in [-0.15, -0.1) is 0 Å². The molecule has 6 nitrogen and oxygen atoms in total. The molecule has 2 heterocycles. The van der Waals surface area contributed by atoms with E-state index in [0.717, 1.165) is 36.8 Å². The van der Waals surface area contributed by atoms with E-state index in [1.54, 1.807) is 0 Å². The van der Waals surface area contributed by atoms with Crippen molar-refractivity contribution in [1.29, 1.82) is 0 Å². The van der Waals surface area contributed by atoms with Gasteiger partial charge in [-0.1, -0.05) is 6.92 Å².